The molecule has 2 N–H and O–H groups in total. The van der Waals surface area contributed by atoms with E-state index < -0.39 is 0 Å². The zero-order valence-corrected chi connectivity index (χ0v) is 17.7. The molecule has 146 valence electrons. The fourth-order valence-electron chi connectivity index (χ4n) is 3.13. The highest BCUT2D eigenvalue weighted by atomic mass is 35.5. The van der Waals surface area contributed by atoms with Crippen LogP contribution in [0.5, 0.6) is 0 Å². The maximum atomic E-state index is 12.4. The molecule has 1 fully saturated rings. The maximum absolute atomic E-state index is 12.4. The van der Waals surface area contributed by atoms with Crippen LogP contribution in [-0.2, 0) is 6.42 Å². The fraction of sp³-hybridized carbons (Fsp3) is 0.625. The number of hydrogen-bond donors (Lipinski definition) is 2. The summed E-state index contributed by atoms with van der Waals surface area (Å²) in [5, 5.41) is 15.7. The standard InChI is InChI=1S/C16H24N6OS.2ClH/c1-10-14(24-12(3)19-10)6-9-18-16(23)15-11(2)22(21-20-15)13-4-7-17-8-5-13;;/h13,17H,4-9H2,1-3H3,(H,18,23);2*1H. The smallest absolute Gasteiger partial charge is 0.273 e. The van der Waals surface area contributed by atoms with Crippen molar-refractivity contribution in [3.05, 3.63) is 27.0 Å². The first kappa shape index (κ1) is 22.8. The highest BCUT2D eigenvalue weighted by Crippen LogP contribution is 2.20. The molecule has 3 rings (SSSR count). The van der Waals surface area contributed by atoms with Crippen molar-refractivity contribution in [1.82, 2.24) is 30.6 Å². The van der Waals surface area contributed by atoms with E-state index in [2.05, 4.69) is 25.9 Å². The molecule has 0 atom stereocenters. The highest BCUT2D eigenvalue weighted by molar-refractivity contribution is 7.11. The zero-order valence-electron chi connectivity index (χ0n) is 15.2. The second-order valence-electron chi connectivity index (χ2n) is 6.20. The summed E-state index contributed by atoms with van der Waals surface area (Å²) < 4.78 is 1.91. The lowest BCUT2D eigenvalue weighted by Gasteiger charge is -2.23. The van der Waals surface area contributed by atoms with Crippen molar-refractivity contribution in [2.75, 3.05) is 19.6 Å². The van der Waals surface area contributed by atoms with Crippen LogP contribution < -0.4 is 10.6 Å². The Balaban J connectivity index is 0.00000169. The molecular formula is C16H26Cl2N6OS. The van der Waals surface area contributed by atoms with E-state index in [0.29, 0.717) is 18.3 Å². The van der Waals surface area contributed by atoms with Gasteiger partial charge in [0, 0.05) is 17.8 Å². The van der Waals surface area contributed by atoms with E-state index >= 15 is 0 Å². The molecule has 1 aliphatic heterocycles. The number of piperidine rings is 1. The van der Waals surface area contributed by atoms with Crippen LogP contribution in [0.4, 0.5) is 0 Å². The van der Waals surface area contributed by atoms with E-state index in [0.717, 1.165) is 48.7 Å². The van der Waals surface area contributed by atoms with Gasteiger partial charge in [-0.25, -0.2) is 9.67 Å². The molecule has 0 saturated carbocycles. The number of carbonyl (C=O) groups is 1. The molecule has 2 aromatic rings. The van der Waals surface area contributed by atoms with Crippen molar-refractivity contribution in [2.45, 2.75) is 46.1 Å². The Morgan fingerprint density at radius 3 is 2.58 bits per heavy atom. The van der Waals surface area contributed by atoms with Crippen LogP contribution in [0.15, 0.2) is 0 Å². The summed E-state index contributed by atoms with van der Waals surface area (Å²) in [4.78, 5) is 18.0. The molecule has 10 heteroatoms. The maximum Gasteiger partial charge on any atom is 0.273 e. The number of hydrogen-bond acceptors (Lipinski definition) is 6. The van der Waals surface area contributed by atoms with Gasteiger partial charge >= 0.3 is 0 Å². The molecule has 0 spiro atoms. The Morgan fingerprint density at radius 1 is 1.27 bits per heavy atom. The van der Waals surface area contributed by atoms with Gasteiger partial charge < -0.3 is 10.6 Å². The van der Waals surface area contributed by atoms with Gasteiger partial charge in [-0.2, -0.15) is 0 Å². The van der Waals surface area contributed by atoms with Gasteiger partial charge in [0.15, 0.2) is 5.69 Å². The summed E-state index contributed by atoms with van der Waals surface area (Å²) in [5.41, 5.74) is 2.34. The van der Waals surface area contributed by atoms with Gasteiger partial charge in [0.25, 0.3) is 5.91 Å². The summed E-state index contributed by atoms with van der Waals surface area (Å²) in [6.07, 6.45) is 2.84. The Labute approximate surface area is 170 Å². The number of thiazole rings is 1. The fourth-order valence-corrected chi connectivity index (χ4v) is 4.06. The number of carbonyl (C=O) groups excluding carboxylic acids is 1. The second kappa shape index (κ2) is 10.2. The zero-order chi connectivity index (χ0) is 17.1. The molecule has 0 aliphatic carbocycles. The van der Waals surface area contributed by atoms with Crippen LogP contribution in [-0.4, -0.2) is 45.5 Å². The number of aromatic nitrogens is 4. The Kier molecular flexibility index (Phi) is 8.95. The SMILES string of the molecule is Cc1nc(C)c(CCNC(=O)c2nnn(C3CCNCC3)c2C)s1.Cl.Cl. The molecule has 3 heterocycles. The quantitative estimate of drug-likeness (QED) is 0.775. The summed E-state index contributed by atoms with van der Waals surface area (Å²) in [5.74, 6) is -0.147. The van der Waals surface area contributed by atoms with E-state index in [1.54, 1.807) is 11.3 Å². The summed E-state index contributed by atoms with van der Waals surface area (Å²) >= 11 is 1.69. The van der Waals surface area contributed by atoms with Gasteiger partial charge in [-0.15, -0.1) is 41.2 Å². The first-order valence-electron chi connectivity index (χ1n) is 8.40. The van der Waals surface area contributed by atoms with E-state index in [1.807, 2.05) is 25.5 Å². The minimum atomic E-state index is -0.147. The molecule has 0 aromatic carbocycles. The van der Waals surface area contributed by atoms with Gasteiger partial charge in [0.1, 0.15) is 0 Å². The number of nitrogens with zero attached hydrogens (tertiary/aromatic N) is 4. The summed E-state index contributed by atoms with van der Waals surface area (Å²) in [7, 11) is 0. The normalized spacial score (nSPS) is 14.4. The number of nitrogens with one attached hydrogen (secondary N) is 2. The van der Waals surface area contributed by atoms with Gasteiger partial charge in [0.2, 0.25) is 0 Å². The molecular weight excluding hydrogens is 395 g/mol. The third kappa shape index (κ3) is 5.16. The van der Waals surface area contributed by atoms with Crippen molar-refractivity contribution in [2.24, 2.45) is 0 Å². The minimum absolute atomic E-state index is 0. The Hall–Kier alpha value is -1.22. The largest absolute Gasteiger partial charge is 0.350 e. The number of rotatable bonds is 5. The first-order chi connectivity index (χ1) is 11.6. The van der Waals surface area contributed by atoms with Gasteiger partial charge in [-0.1, -0.05) is 5.21 Å². The predicted molar refractivity (Wildman–Crippen MR) is 108 cm³/mol. The number of halogens is 2. The molecule has 7 nitrogen and oxygen atoms in total. The second-order valence-corrected chi connectivity index (χ2v) is 7.48. The van der Waals surface area contributed by atoms with E-state index in [9.17, 15) is 4.79 Å². The van der Waals surface area contributed by atoms with Crippen LogP contribution in [0.1, 0.15) is 50.6 Å². The van der Waals surface area contributed by atoms with E-state index in [-0.39, 0.29) is 30.7 Å². The number of aryl methyl sites for hydroxylation is 2. The molecule has 1 aliphatic rings. The summed E-state index contributed by atoms with van der Waals surface area (Å²) in [6.45, 7) is 8.49. The van der Waals surface area contributed by atoms with Crippen LogP contribution in [0.3, 0.4) is 0 Å². The summed E-state index contributed by atoms with van der Waals surface area (Å²) in [6, 6.07) is 0.336. The van der Waals surface area contributed by atoms with Gasteiger partial charge in [-0.05, 0) is 46.7 Å². The van der Waals surface area contributed by atoms with E-state index in [4.69, 9.17) is 0 Å². The molecule has 1 amide bonds. The average molecular weight is 421 g/mol. The molecule has 1 saturated heterocycles. The molecule has 0 unspecified atom stereocenters. The lowest BCUT2D eigenvalue weighted by molar-refractivity contribution is 0.0948. The van der Waals surface area contributed by atoms with Crippen molar-refractivity contribution < 1.29 is 4.79 Å². The average Bonchev–Trinajstić information content (AvgIpc) is 3.10. The van der Waals surface area contributed by atoms with Crippen molar-refractivity contribution in [3.8, 4) is 0 Å². The molecule has 0 radical (unpaired) electrons. The van der Waals surface area contributed by atoms with Crippen LogP contribution in [0, 0.1) is 20.8 Å². The third-order valence-corrected chi connectivity index (χ3v) is 5.57. The number of amides is 1. The topological polar surface area (TPSA) is 84.7 Å². The van der Waals surface area contributed by atoms with Crippen molar-refractivity contribution in [1.29, 1.82) is 0 Å². The third-order valence-electron chi connectivity index (χ3n) is 4.43. The highest BCUT2D eigenvalue weighted by Gasteiger charge is 2.22. The Bertz CT molecular complexity index is 726. The minimum Gasteiger partial charge on any atom is -0.350 e. The van der Waals surface area contributed by atoms with Crippen LogP contribution in [0.25, 0.3) is 0 Å². The first-order valence-corrected chi connectivity index (χ1v) is 9.21. The lowest BCUT2D eigenvalue weighted by atomic mass is 10.1. The van der Waals surface area contributed by atoms with E-state index in [1.165, 1.54) is 4.88 Å². The van der Waals surface area contributed by atoms with Crippen molar-refractivity contribution in [3.63, 3.8) is 0 Å². The van der Waals surface area contributed by atoms with Crippen molar-refractivity contribution >= 4 is 42.1 Å². The van der Waals surface area contributed by atoms with Crippen LogP contribution >= 0.6 is 36.2 Å². The van der Waals surface area contributed by atoms with Gasteiger partial charge in [-0.3, -0.25) is 4.79 Å². The Morgan fingerprint density at radius 2 is 1.96 bits per heavy atom. The predicted octanol–water partition coefficient (Wildman–Crippen LogP) is 2.40. The lowest BCUT2D eigenvalue weighted by Crippen LogP contribution is -2.30. The van der Waals surface area contributed by atoms with Gasteiger partial charge in [0.05, 0.1) is 22.4 Å². The molecule has 2 aromatic heterocycles. The van der Waals surface area contributed by atoms with Crippen LogP contribution in [0.2, 0.25) is 0 Å². The molecule has 0 bridgehead atoms. The monoisotopic (exact) mass is 420 g/mol. The molecule has 26 heavy (non-hydrogen) atoms.